The minimum Gasteiger partial charge on any atom is -0.317 e. The molecule has 146 valence electrons. The van der Waals surface area contributed by atoms with E-state index in [1.165, 1.54) is 18.2 Å². The van der Waals surface area contributed by atoms with Crippen LogP contribution in [0.4, 0.5) is 20.2 Å². The fraction of sp³-hybridized carbons (Fsp3) is 0.130. The Morgan fingerprint density at radius 3 is 2.34 bits per heavy atom. The molecule has 0 radical (unpaired) electrons. The quantitative estimate of drug-likeness (QED) is 0.696. The van der Waals surface area contributed by atoms with Crippen LogP contribution in [0, 0.1) is 11.6 Å². The summed E-state index contributed by atoms with van der Waals surface area (Å²) in [6.45, 7) is 1.97. The van der Waals surface area contributed by atoms with Crippen LogP contribution < -0.4 is 10.2 Å². The van der Waals surface area contributed by atoms with Crippen LogP contribution in [0.1, 0.15) is 33.2 Å². The third-order valence-electron chi connectivity index (χ3n) is 5.00. The number of rotatable bonds is 3. The Morgan fingerprint density at radius 2 is 1.59 bits per heavy atom. The van der Waals surface area contributed by atoms with Gasteiger partial charge in [-0.25, -0.2) is 8.78 Å². The van der Waals surface area contributed by atoms with Crippen molar-refractivity contribution >= 4 is 23.2 Å². The molecule has 0 aliphatic carbocycles. The number of fused-ring (bicyclic) bond motifs is 1. The van der Waals surface area contributed by atoms with Gasteiger partial charge in [0, 0.05) is 22.9 Å². The molecule has 4 nitrogen and oxygen atoms in total. The van der Waals surface area contributed by atoms with Gasteiger partial charge in [0.15, 0.2) is 0 Å². The highest BCUT2D eigenvalue weighted by atomic mass is 19.1. The average Bonchev–Trinajstić information content (AvgIpc) is 3.06. The van der Waals surface area contributed by atoms with E-state index in [9.17, 15) is 18.4 Å². The molecule has 1 aliphatic heterocycles. The van der Waals surface area contributed by atoms with E-state index in [0.29, 0.717) is 5.56 Å². The van der Waals surface area contributed by atoms with Gasteiger partial charge in [-0.05, 0) is 55.3 Å². The van der Waals surface area contributed by atoms with Crippen molar-refractivity contribution in [2.75, 3.05) is 10.2 Å². The first-order valence-corrected chi connectivity index (χ1v) is 9.22. The molecule has 0 fully saturated rings. The molecule has 1 N–H and O–H groups in total. The van der Waals surface area contributed by atoms with E-state index in [0.717, 1.165) is 29.8 Å². The number of hydrogen-bond acceptors (Lipinski definition) is 2. The summed E-state index contributed by atoms with van der Waals surface area (Å²) in [6, 6.07) is 17.2. The first-order chi connectivity index (χ1) is 14.0. The Balaban J connectivity index is 1.61. The summed E-state index contributed by atoms with van der Waals surface area (Å²) in [7, 11) is 0. The molecule has 0 aromatic heterocycles. The molecule has 1 unspecified atom stereocenters. The Labute approximate surface area is 166 Å². The lowest BCUT2D eigenvalue weighted by atomic mass is 10.1. The molecule has 6 heteroatoms. The van der Waals surface area contributed by atoms with E-state index in [1.807, 2.05) is 31.2 Å². The number of benzene rings is 3. The van der Waals surface area contributed by atoms with Gasteiger partial charge in [0.05, 0.1) is 0 Å². The Hall–Kier alpha value is -3.54. The van der Waals surface area contributed by atoms with E-state index in [-0.39, 0.29) is 17.5 Å². The maximum atomic E-state index is 13.8. The molecule has 0 spiro atoms. The highest BCUT2D eigenvalue weighted by Gasteiger charge is 2.31. The molecule has 3 aromatic carbocycles. The summed E-state index contributed by atoms with van der Waals surface area (Å²) in [6.07, 6.45) is 0.759. The van der Waals surface area contributed by atoms with Crippen LogP contribution in [0.2, 0.25) is 0 Å². The second-order valence-corrected chi connectivity index (χ2v) is 6.99. The van der Waals surface area contributed by atoms with Crippen molar-refractivity contribution in [3.63, 3.8) is 0 Å². The first kappa shape index (κ1) is 18.8. The molecular formula is C23H18F2N2O2. The van der Waals surface area contributed by atoms with Gasteiger partial charge < -0.3 is 10.2 Å². The SMILES string of the molecule is CC1Cc2ccccc2N1C(=O)c1cccc(C(=O)Nc2c(F)cccc2F)c1. The molecule has 1 aliphatic rings. The zero-order chi connectivity index (χ0) is 20.5. The van der Waals surface area contributed by atoms with Crippen LogP contribution in [0.3, 0.4) is 0 Å². The zero-order valence-corrected chi connectivity index (χ0v) is 15.7. The van der Waals surface area contributed by atoms with Crippen LogP contribution in [0.5, 0.6) is 0 Å². The number of hydrogen-bond donors (Lipinski definition) is 1. The van der Waals surface area contributed by atoms with Crippen LogP contribution >= 0.6 is 0 Å². The molecule has 0 saturated heterocycles. The van der Waals surface area contributed by atoms with E-state index in [4.69, 9.17) is 0 Å². The molecule has 3 aromatic rings. The topological polar surface area (TPSA) is 49.4 Å². The van der Waals surface area contributed by atoms with Crippen LogP contribution in [0.25, 0.3) is 0 Å². The van der Waals surface area contributed by atoms with Gasteiger partial charge in [-0.3, -0.25) is 9.59 Å². The van der Waals surface area contributed by atoms with Gasteiger partial charge >= 0.3 is 0 Å². The summed E-state index contributed by atoms with van der Waals surface area (Å²) < 4.78 is 27.6. The maximum absolute atomic E-state index is 13.8. The maximum Gasteiger partial charge on any atom is 0.258 e. The lowest BCUT2D eigenvalue weighted by Crippen LogP contribution is -2.35. The second-order valence-electron chi connectivity index (χ2n) is 6.99. The highest BCUT2D eigenvalue weighted by molar-refractivity contribution is 6.10. The number of para-hydroxylation sites is 2. The Morgan fingerprint density at radius 1 is 0.931 bits per heavy atom. The number of nitrogens with one attached hydrogen (secondary N) is 1. The van der Waals surface area contributed by atoms with Crippen molar-refractivity contribution in [1.82, 2.24) is 0 Å². The standard InChI is InChI=1S/C23H18F2N2O2/c1-14-12-15-6-2-3-11-20(15)27(14)23(29)17-8-4-7-16(13-17)22(28)26-21-18(24)9-5-10-19(21)25/h2-11,13-14H,12H2,1H3,(H,26,28). The number of nitrogens with zero attached hydrogens (tertiary/aromatic N) is 1. The summed E-state index contributed by atoms with van der Waals surface area (Å²) in [5.41, 5.74) is 1.90. The number of halogens is 2. The number of carbonyl (C=O) groups excluding carboxylic acids is 2. The summed E-state index contributed by atoms with van der Waals surface area (Å²) in [5.74, 6) is -2.66. The molecule has 1 atom stereocenters. The van der Waals surface area contributed by atoms with Crippen molar-refractivity contribution in [3.8, 4) is 0 Å². The molecule has 0 saturated carbocycles. The van der Waals surface area contributed by atoms with E-state index in [1.54, 1.807) is 17.0 Å². The van der Waals surface area contributed by atoms with E-state index < -0.39 is 23.2 Å². The minimum absolute atomic E-state index is 0.00936. The van der Waals surface area contributed by atoms with Crippen LogP contribution in [-0.2, 0) is 6.42 Å². The minimum atomic E-state index is -0.868. The van der Waals surface area contributed by atoms with Crippen molar-refractivity contribution in [2.24, 2.45) is 0 Å². The lowest BCUT2D eigenvalue weighted by Gasteiger charge is -2.23. The predicted molar refractivity (Wildman–Crippen MR) is 107 cm³/mol. The fourth-order valence-electron chi connectivity index (χ4n) is 3.61. The third kappa shape index (κ3) is 3.49. The van der Waals surface area contributed by atoms with Crippen molar-refractivity contribution < 1.29 is 18.4 Å². The summed E-state index contributed by atoms with van der Waals surface area (Å²) in [5, 5.41) is 2.24. The van der Waals surface area contributed by atoms with Crippen molar-refractivity contribution in [1.29, 1.82) is 0 Å². The molecule has 2 amide bonds. The molecule has 1 heterocycles. The summed E-state index contributed by atoms with van der Waals surface area (Å²) >= 11 is 0. The monoisotopic (exact) mass is 392 g/mol. The molecule has 4 rings (SSSR count). The number of carbonyl (C=O) groups is 2. The average molecular weight is 392 g/mol. The summed E-state index contributed by atoms with van der Waals surface area (Å²) in [4.78, 5) is 27.4. The van der Waals surface area contributed by atoms with Gasteiger partial charge in [0.1, 0.15) is 17.3 Å². The van der Waals surface area contributed by atoms with E-state index in [2.05, 4.69) is 5.32 Å². The van der Waals surface area contributed by atoms with Crippen molar-refractivity contribution in [2.45, 2.75) is 19.4 Å². The zero-order valence-electron chi connectivity index (χ0n) is 15.7. The smallest absolute Gasteiger partial charge is 0.258 e. The van der Waals surface area contributed by atoms with Crippen LogP contribution in [0.15, 0.2) is 66.7 Å². The van der Waals surface area contributed by atoms with Gasteiger partial charge in [0.2, 0.25) is 0 Å². The molecular weight excluding hydrogens is 374 g/mol. The third-order valence-corrected chi connectivity index (χ3v) is 5.00. The van der Waals surface area contributed by atoms with Crippen molar-refractivity contribution in [3.05, 3.63) is 95.1 Å². The Kier molecular flexibility index (Phi) is 4.84. The molecule has 29 heavy (non-hydrogen) atoms. The fourth-order valence-corrected chi connectivity index (χ4v) is 3.61. The van der Waals surface area contributed by atoms with Crippen LogP contribution in [-0.4, -0.2) is 17.9 Å². The number of anilines is 2. The first-order valence-electron chi connectivity index (χ1n) is 9.22. The van der Waals surface area contributed by atoms with Gasteiger partial charge in [0.25, 0.3) is 11.8 Å². The predicted octanol–water partition coefficient (Wildman–Crippen LogP) is 4.81. The van der Waals surface area contributed by atoms with Gasteiger partial charge in [-0.15, -0.1) is 0 Å². The second kappa shape index (κ2) is 7.47. The van der Waals surface area contributed by atoms with Gasteiger partial charge in [-0.2, -0.15) is 0 Å². The largest absolute Gasteiger partial charge is 0.317 e. The lowest BCUT2D eigenvalue weighted by molar-refractivity contribution is 0.0981. The Bertz CT molecular complexity index is 1090. The normalized spacial score (nSPS) is 15.1. The number of amides is 2. The van der Waals surface area contributed by atoms with E-state index >= 15 is 0 Å². The molecule has 0 bridgehead atoms. The van der Waals surface area contributed by atoms with Gasteiger partial charge in [-0.1, -0.05) is 30.3 Å². The highest BCUT2D eigenvalue weighted by Crippen LogP contribution is 2.33.